The summed E-state index contributed by atoms with van der Waals surface area (Å²) in [6, 6.07) is 61.1. The Labute approximate surface area is 307 Å². The van der Waals surface area contributed by atoms with E-state index < -0.39 is 0 Å². The smallest absolute Gasteiger partial charge is 0.235 e. The number of para-hydroxylation sites is 4. The van der Waals surface area contributed by atoms with Crippen LogP contribution in [0.1, 0.15) is 0 Å². The number of hydrogen-bond donors (Lipinski definition) is 0. The van der Waals surface area contributed by atoms with Crippen molar-refractivity contribution in [3.63, 3.8) is 0 Å². The lowest BCUT2D eigenvalue weighted by molar-refractivity contribution is 1.01. The molecule has 12 rings (SSSR count). The Morgan fingerprint density at radius 1 is 0.396 bits per heavy atom. The van der Waals surface area contributed by atoms with Crippen molar-refractivity contribution in [2.45, 2.75) is 0 Å². The maximum atomic E-state index is 5.57. The average Bonchev–Trinajstić information content (AvgIpc) is 3.86. The third-order valence-corrected chi connectivity index (χ3v) is 12.0. The fourth-order valence-electron chi connectivity index (χ4n) is 8.58. The average molecular weight is 693 g/mol. The SMILES string of the molecule is c1ccc(-n2c3ccccc3c3cc4c5ccccc5n(-c5nc(-c6cccc7sc8cc9ccccc9cc8c67)c6ccccc6n5)c4cc32)cc1. The number of thiophene rings is 1. The van der Waals surface area contributed by atoms with Gasteiger partial charge in [0.25, 0.3) is 0 Å². The molecule has 0 aliphatic carbocycles. The number of rotatable bonds is 3. The molecule has 4 heterocycles. The fourth-order valence-corrected chi connectivity index (χ4v) is 9.74. The van der Waals surface area contributed by atoms with Gasteiger partial charge in [0.1, 0.15) is 0 Å². The van der Waals surface area contributed by atoms with E-state index in [1.54, 1.807) is 0 Å². The van der Waals surface area contributed by atoms with Crippen LogP contribution in [0.15, 0.2) is 170 Å². The van der Waals surface area contributed by atoms with Gasteiger partial charge in [0.2, 0.25) is 5.95 Å². The molecular weight excluding hydrogens is 665 g/mol. The molecule has 0 radical (unpaired) electrons. The lowest BCUT2D eigenvalue weighted by atomic mass is 9.99. The van der Waals surface area contributed by atoms with Crippen LogP contribution in [0.3, 0.4) is 0 Å². The van der Waals surface area contributed by atoms with Gasteiger partial charge in [0.15, 0.2) is 0 Å². The maximum Gasteiger partial charge on any atom is 0.235 e. The highest BCUT2D eigenvalue weighted by atomic mass is 32.1. The van der Waals surface area contributed by atoms with E-state index >= 15 is 0 Å². The summed E-state index contributed by atoms with van der Waals surface area (Å²) in [6.07, 6.45) is 0. The van der Waals surface area contributed by atoms with Gasteiger partial charge in [-0.1, -0.05) is 109 Å². The van der Waals surface area contributed by atoms with Crippen LogP contribution in [0.5, 0.6) is 0 Å². The van der Waals surface area contributed by atoms with Crippen molar-refractivity contribution in [3.05, 3.63) is 170 Å². The van der Waals surface area contributed by atoms with Crippen molar-refractivity contribution in [1.29, 1.82) is 0 Å². The minimum atomic E-state index is 0.661. The zero-order chi connectivity index (χ0) is 34.6. The van der Waals surface area contributed by atoms with Crippen molar-refractivity contribution in [2.75, 3.05) is 0 Å². The summed E-state index contributed by atoms with van der Waals surface area (Å²) in [6.45, 7) is 0. The Hall–Kier alpha value is -6.82. The lowest BCUT2D eigenvalue weighted by Crippen LogP contribution is -2.03. The van der Waals surface area contributed by atoms with Crippen molar-refractivity contribution >= 4 is 96.8 Å². The van der Waals surface area contributed by atoms with E-state index in [0.717, 1.165) is 44.4 Å². The van der Waals surface area contributed by atoms with E-state index in [1.807, 2.05) is 11.3 Å². The minimum Gasteiger partial charge on any atom is -0.309 e. The Kier molecular flexibility index (Phi) is 5.90. The Bertz CT molecular complexity index is 3460. The number of benzene rings is 8. The van der Waals surface area contributed by atoms with Crippen molar-refractivity contribution in [3.8, 4) is 22.9 Å². The second kappa shape index (κ2) is 10.8. The first kappa shape index (κ1) is 28.8. The zero-order valence-corrected chi connectivity index (χ0v) is 29.2. The van der Waals surface area contributed by atoms with Gasteiger partial charge in [-0.3, -0.25) is 4.57 Å². The normalized spacial score (nSPS) is 12.2. The first-order valence-electron chi connectivity index (χ1n) is 17.9. The second-order valence-electron chi connectivity index (χ2n) is 13.8. The highest BCUT2D eigenvalue weighted by Gasteiger charge is 2.22. The van der Waals surface area contributed by atoms with Crippen molar-refractivity contribution in [1.82, 2.24) is 19.1 Å². The van der Waals surface area contributed by atoms with Crippen LogP contribution in [-0.2, 0) is 0 Å². The van der Waals surface area contributed by atoms with Gasteiger partial charge in [-0.2, -0.15) is 0 Å². The first-order valence-corrected chi connectivity index (χ1v) is 18.7. The van der Waals surface area contributed by atoms with Crippen LogP contribution in [0.2, 0.25) is 0 Å². The molecule has 0 amide bonds. The van der Waals surface area contributed by atoms with Crippen LogP contribution >= 0.6 is 11.3 Å². The van der Waals surface area contributed by atoms with E-state index in [4.69, 9.17) is 9.97 Å². The highest BCUT2D eigenvalue weighted by Crippen LogP contribution is 2.44. The Morgan fingerprint density at radius 2 is 1.04 bits per heavy atom. The summed E-state index contributed by atoms with van der Waals surface area (Å²) < 4.78 is 7.19. The summed E-state index contributed by atoms with van der Waals surface area (Å²) in [5.74, 6) is 0.661. The molecule has 0 fully saturated rings. The van der Waals surface area contributed by atoms with E-state index in [0.29, 0.717) is 5.95 Å². The predicted molar refractivity (Wildman–Crippen MR) is 224 cm³/mol. The molecular formula is C48H28N4S. The molecule has 4 aromatic heterocycles. The molecule has 0 unspecified atom stereocenters. The Morgan fingerprint density at radius 3 is 1.83 bits per heavy atom. The number of nitrogens with zero attached hydrogens (tertiary/aromatic N) is 4. The van der Waals surface area contributed by atoms with Gasteiger partial charge < -0.3 is 4.57 Å². The largest absolute Gasteiger partial charge is 0.309 e. The quantitative estimate of drug-likeness (QED) is 0.185. The maximum absolute atomic E-state index is 5.57. The Balaban J connectivity index is 1.19. The fraction of sp³-hybridized carbons (Fsp3) is 0. The molecule has 0 aliphatic heterocycles. The van der Waals surface area contributed by atoms with Crippen molar-refractivity contribution < 1.29 is 0 Å². The molecule has 246 valence electrons. The number of hydrogen-bond acceptors (Lipinski definition) is 3. The van der Waals surface area contributed by atoms with Crippen LogP contribution in [0.4, 0.5) is 0 Å². The molecule has 0 saturated heterocycles. The molecule has 0 saturated carbocycles. The summed E-state index contributed by atoms with van der Waals surface area (Å²) >= 11 is 1.85. The monoisotopic (exact) mass is 692 g/mol. The van der Waals surface area contributed by atoms with Crippen LogP contribution in [0, 0.1) is 0 Å². The van der Waals surface area contributed by atoms with Gasteiger partial charge in [0, 0.05) is 58.4 Å². The van der Waals surface area contributed by atoms with Gasteiger partial charge in [0.05, 0.1) is 33.3 Å². The summed E-state index contributed by atoms with van der Waals surface area (Å²) in [5, 5.41) is 10.9. The van der Waals surface area contributed by atoms with E-state index in [1.165, 1.54) is 58.0 Å². The summed E-state index contributed by atoms with van der Waals surface area (Å²) in [7, 11) is 0. The molecule has 0 atom stereocenters. The van der Waals surface area contributed by atoms with Crippen LogP contribution in [-0.4, -0.2) is 19.1 Å². The van der Waals surface area contributed by atoms with Gasteiger partial charge in [-0.05, 0) is 71.4 Å². The van der Waals surface area contributed by atoms with Crippen molar-refractivity contribution in [2.24, 2.45) is 0 Å². The third-order valence-electron chi connectivity index (χ3n) is 10.9. The molecule has 0 bridgehead atoms. The third kappa shape index (κ3) is 4.11. The van der Waals surface area contributed by atoms with E-state index in [2.05, 4.69) is 179 Å². The molecule has 0 spiro atoms. The molecule has 8 aromatic carbocycles. The van der Waals surface area contributed by atoms with E-state index in [-0.39, 0.29) is 0 Å². The van der Waals surface area contributed by atoms with E-state index in [9.17, 15) is 0 Å². The van der Waals surface area contributed by atoms with Gasteiger partial charge in [-0.15, -0.1) is 11.3 Å². The van der Waals surface area contributed by atoms with Gasteiger partial charge >= 0.3 is 0 Å². The summed E-state index contributed by atoms with van der Waals surface area (Å²) in [4.78, 5) is 10.9. The van der Waals surface area contributed by atoms with Gasteiger partial charge in [-0.25, -0.2) is 9.97 Å². The molecule has 4 nitrogen and oxygen atoms in total. The standard InChI is InChI=1S/C48H28N4S/c1-2-15-31(16-3-1)51-40-22-10-7-17-32(40)36-27-37-33-18-8-11-23-41(33)52(43(37)28-42(36)51)48-49-39-21-9-6-19-34(39)47(50-48)35-20-12-24-44-46(35)38-25-29-13-4-5-14-30(29)26-45(38)53-44/h1-28H. The number of fused-ring (bicyclic) bond motifs is 11. The highest BCUT2D eigenvalue weighted by molar-refractivity contribution is 7.26. The molecule has 12 aromatic rings. The topological polar surface area (TPSA) is 35.6 Å². The van der Waals surface area contributed by atoms with Crippen LogP contribution in [0.25, 0.3) is 108 Å². The molecule has 53 heavy (non-hydrogen) atoms. The zero-order valence-electron chi connectivity index (χ0n) is 28.4. The number of aromatic nitrogens is 4. The lowest BCUT2D eigenvalue weighted by Gasteiger charge is -2.13. The molecule has 0 N–H and O–H groups in total. The molecule has 0 aliphatic rings. The first-order chi connectivity index (χ1) is 26.3. The summed E-state index contributed by atoms with van der Waals surface area (Å²) in [5.41, 5.74) is 8.60. The minimum absolute atomic E-state index is 0.661. The second-order valence-corrected chi connectivity index (χ2v) is 14.9. The molecule has 5 heteroatoms. The predicted octanol–water partition coefficient (Wildman–Crippen LogP) is 13.0. The van der Waals surface area contributed by atoms with Crippen LogP contribution < -0.4 is 0 Å².